The molecule has 1 saturated heterocycles. The van der Waals surface area contributed by atoms with Crippen molar-refractivity contribution in [3.63, 3.8) is 0 Å². The molecule has 0 bridgehead atoms. The van der Waals surface area contributed by atoms with E-state index in [9.17, 15) is 9.59 Å². The Kier molecular flexibility index (Phi) is 6.95. The monoisotopic (exact) mass is 538 g/mol. The number of carbonyl (C=O) groups excluding carboxylic acids is 2. The zero-order valence-electron chi connectivity index (χ0n) is 18.2. The molecule has 3 aromatic rings. The largest absolute Gasteiger partial charge is 0.493 e. The molecule has 0 atom stereocenters. The average Bonchev–Trinajstić information content (AvgIpc) is 2.83. The predicted octanol–water partition coefficient (Wildman–Crippen LogP) is 5.09. The summed E-state index contributed by atoms with van der Waals surface area (Å²) in [6.07, 6.45) is 1.48. The van der Waals surface area contributed by atoms with Gasteiger partial charge in [0.1, 0.15) is 17.1 Å². The number of amides is 2. The summed E-state index contributed by atoms with van der Waals surface area (Å²) >= 11 is 8.70. The van der Waals surface area contributed by atoms with Crippen LogP contribution in [-0.2, 0) is 9.59 Å². The standard InChI is InChI=1S/C25H19BrN2O5S/c1-31-21-14-15(13-20(26)22(21)32-2)12-19-23(29)27-25(34)28(24(19)30)16-8-10-18(11-9-16)33-17-6-4-3-5-7-17/h3-14H,1-2H3,(H,27,29,34)/b19-12+. The van der Waals surface area contributed by atoms with Crippen LogP contribution < -0.4 is 24.4 Å². The minimum atomic E-state index is -0.582. The van der Waals surface area contributed by atoms with Crippen molar-refractivity contribution >= 4 is 56.8 Å². The zero-order chi connectivity index (χ0) is 24.2. The molecule has 172 valence electrons. The highest BCUT2D eigenvalue weighted by Gasteiger charge is 2.34. The molecule has 1 aliphatic heterocycles. The van der Waals surface area contributed by atoms with Crippen molar-refractivity contribution in [2.75, 3.05) is 19.1 Å². The third kappa shape index (κ3) is 4.80. The van der Waals surface area contributed by atoms with Crippen LogP contribution in [0.4, 0.5) is 5.69 Å². The summed E-state index contributed by atoms with van der Waals surface area (Å²) in [5.41, 5.74) is 0.995. The number of benzene rings is 3. The van der Waals surface area contributed by atoms with Gasteiger partial charge in [0.15, 0.2) is 16.6 Å². The van der Waals surface area contributed by atoms with Gasteiger partial charge in [0, 0.05) is 0 Å². The first-order chi connectivity index (χ1) is 16.4. The van der Waals surface area contributed by atoms with Crippen LogP contribution in [0.5, 0.6) is 23.0 Å². The lowest BCUT2D eigenvalue weighted by Crippen LogP contribution is -2.54. The van der Waals surface area contributed by atoms with Gasteiger partial charge in [-0.3, -0.25) is 19.8 Å². The Morgan fingerprint density at radius 2 is 1.62 bits per heavy atom. The molecule has 34 heavy (non-hydrogen) atoms. The van der Waals surface area contributed by atoms with E-state index in [4.69, 9.17) is 26.4 Å². The van der Waals surface area contributed by atoms with E-state index >= 15 is 0 Å². The van der Waals surface area contributed by atoms with E-state index in [1.54, 1.807) is 36.4 Å². The molecule has 2 amide bonds. The molecule has 9 heteroatoms. The second kappa shape index (κ2) is 10.1. The third-order valence-corrected chi connectivity index (χ3v) is 5.82. The fraction of sp³-hybridized carbons (Fsp3) is 0.0800. The van der Waals surface area contributed by atoms with Crippen LogP contribution in [0.25, 0.3) is 6.08 Å². The van der Waals surface area contributed by atoms with Gasteiger partial charge >= 0.3 is 0 Å². The molecule has 1 heterocycles. The van der Waals surface area contributed by atoms with Crippen LogP contribution in [0.2, 0.25) is 0 Å². The first kappa shape index (κ1) is 23.5. The summed E-state index contributed by atoms with van der Waals surface area (Å²) in [5.74, 6) is 1.12. The number of hydrogen-bond donors (Lipinski definition) is 1. The van der Waals surface area contributed by atoms with Crippen LogP contribution >= 0.6 is 28.1 Å². The Morgan fingerprint density at radius 1 is 0.941 bits per heavy atom. The summed E-state index contributed by atoms with van der Waals surface area (Å²) in [5, 5.41) is 2.58. The Bertz CT molecular complexity index is 1290. The van der Waals surface area contributed by atoms with Crippen molar-refractivity contribution in [3.05, 3.63) is 82.3 Å². The highest BCUT2D eigenvalue weighted by molar-refractivity contribution is 9.10. The molecule has 0 aromatic heterocycles. The maximum atomic E-state index is 13.3. The molecular weight excluding hydrogens is 520 g/mol. The van der Waals surface area contributed by atoms with Crippen molar-refractivity contribution in [2.24, 2.45) is 0 Å². The number of nitrogens with zero attached hydrogens (tertiary/aromatic N) is 1. The van der Waals surface area contributed by atoms with Gasteiger partial charge in [-0.2, -0.15) is 0 Å². The molecule has 0 radical (unpaired) electrons. The van der Waals surface area contributed by atoms with E-state index in [0.29, 0.717) is 38.7 Å². The number of anilines is 1. The topological polar surface area (TPSA) is 77.1 Å². The summed E-state index contributed by atoms with van der Waals surface area (Å²) in [6.45, 7) is 0. The van der Waals surface area contributed by atoms with Crippen molar-refractivity contribution in [1.82, 2.24) is 5.32 Å². The maximum Gasteiger partial charge on any atom is 0.270 e. The Balaban J connectivity index is 1.63. The highest BCUT2D eigenvalue weighted by Crippen LogP contribution is 2.37. The SMILES string of the molecule is COc1cc(/C=C2\C(=O)NC(=S)N(c3ccc(Oc4ccccc4)cc3)C2=O)cc(Br)c1OC. The zero-order valence-corrected chi connectivity index (χ0v) is 20.6. The quantitative estimate of drug-likeness (QED) is 0.267. The normalized spacial score (nSPS) is 14.7. The summed E-state index contributed by atoms with van der Waals surface area (Å²) in [6, 6.07) is 19.6. The number of hydrogen-bond acceptors (Lipinski definition) is 6. The van der Waals surface area contributed by atoms with Crippen molar-refractivity contribution in [1.29, 1.82) is 0 Å². The van der Waals surface area contributed by atoms with Gasteiger partial charge in [-0.15, -0.1) is 0 Å². The minimum absolute atomic E-state index is 0.00244. The first-order valence-corrected chi connectivity index (χ1v) is 11.3. The molecule has 0 unspecified atom stereocenters. The summed E-state index contributed by atoms with van der Waals surface area (Å²) < 4.78 is 17.1. The fourth-order valence-electron chi connectivity index (χ4n) is 3.37. The predicted molar refractivity (Wildman–Crippen MR) is 136 cm³/mol. The van der Waals surface area contributed by atoms with Crippen molar-refractivity contribution < 1.29 is 23.8 Å². The van der Waals surface area contributed by atoms with Crippen LogP contribution in [-0.4, -0.2) is 31.1 Å². The Morgan fingerprint density at radius 3 is 2.26 bits per heavy atom. The van der Waals surface area contributed by atoms with Gasteiger partial charge in [0.05, 0.1) is 24.4 Å². The number of halogens is 1. The number of ether oxygens (including phenoxy) is 3. The molecular formula is C25H19BrN2O5S. The lowest BCUT2D eigenvalue weighted by Gasteiger charge is -2.29. The van der Waals surface area contributed by atoms with Gasteiger partial charge < -0.3 is 14.2 Å². The number of methoxy groups -OCH3 is 2. The fourth-order valence-corrected chi connectivity index (χ4v) is 4.27. The van der Waals surface area contributed by atoms with Crippen molar-refractivity contribution in [3.8, 4) is 23.0 Å². The molecule has 1 fully saturated rings. The smallest absolute Gasteiger partial charge is 0.270 e. The Hall–Kier alpha value is -3.69. The second-order valence-electron chi connectivity index (χ2n) is 7.11. The van der Waals surface area contributed by atoms with E-state index in [1.807, 2.05) is 30.3 Å². The second-order valence-corrected chi connectivity index (χ2v) is 8.35. The molecule has 0 aliphatic carbocycles. The van der Waals surface area contributed by atoms with Crippen LogP contribution in [0.15, 0.2) is 76.8 Å². The van der Waals surface area contributed by atoms with E-state index in [0.717, 1.165) is 0 Å². The molecule has 4 rings (SSSR count). The van der Waals surface area contributed by atoms with Gasteiger partial charge in [0.25, 0.3) is 11.8 Å². The molecule has 1 aliphatic rings. The minimum Gasteiger partial charge on any atom is -0.493 e. The van der Waals surface area contributed by atoms with Gasteiger partial charge in [0.2, 0.25) is 0 Å². The number of para-hydroxylation sites is 1. The number of thiocarbonyl (C=S) groups is 1. The van der Waals surface area contributed by atoms with Crippen LogP contribution in [0.1, 0.15) is 5.56 Å². The van der Waals surface area contributed by atoms with E-state index in [1.165, 1.54) is 25.2 Å². The number of nitrogens with one attached hydrogen (secondary N) is 1. The Labute approximate surface area is 210 Å². The van der Waals surface area contributed by atoms with Gasteiger partial charge in [-0.1, -0.05) is 18.2 Å². The summed E-state index contributed by atoms with van der Waals surface area (Å²) in [4.78, 5) is 27.2. The van der Waals surface area contributed by atoms with Crippen molar-refractivity contribution in [2.45, 2.75) is 0 Å². The number of carbonyl (C=O) groups is 2. The molecule has 1 N–H and O–H groups in total. The van der Waals surface area contributed by atoms with Crippen LogP contribution in [0.3, 0.4) is 0 Å². The third-order valence-electron chi connectivity index (χ3n) is 4.94. The first-order valence-electron chi connectivity index (χ1n) is 10.1. The lowest BCUT2D eigenvalue weighted by atomic mass is 10.1. The van der Waals surface area contributed by atoms with E-state index in [2.05, 4.69) is 21.2 Å². The van der Waals surface area contributed by atoms with Gasteiger partial charge in [-0.25, -0.2) is 0 Å². The summed E-state index contributed by atoms with van der Waals surface area (Å²) in [7, 11) is 3.03. The molecule has 7 nitrogen and oxygen atoms in total. The molecule has 3 aromatic carbocycles. The van der Waals surface area contributed by atoms with E-state index < -0.39 is 11.8 Å². The van der Waals surface area contributed by atoms with E-state index in [-0.39, 0.29) is 10.7 Å². The number of rotatable bonds is 6. The van der Waals surface area contributed by atoms with Crippen LogP contribution in [0, 0.1) is 0 Å². The highest BCUT2D eigenvalue weighted by atomic mass is 79.9. The molecule has 0 saturated carbocycles. The lowest BCUT2D eigenvalue weighted by molar-refractivity contribution is -0.122. The maximum absolute atomic E-state index is 13.3. The molecule has 0 spiro atoms. The van der Waals surface area contributed by atoms with Gasteiger partial charge in [-0.05, 0) is 88.3 Å². The average molecular weight is 539 g/mol.